The predicted octanol–water partition coefficient (Wildman–Crippen LogP) is 6.54. The fourth-order valence-corrected chi connectivity index (χ4v) is 6.35. The van der Waals surface area contributed by atoms with Crippen molar-refractivity contribution < 1.29 is 9.59 Å². The van der Waals surface area contributed by atoms with Gasteiger partial charge in [-0.25, -0.2) is 0 Å². The average molecular weight is 542 g/mol. The van der Waals surface area contributed by atoms with E-state index in [1.807, 2.05) is 121 Å². The summed E-state index contributed by atoms with van der Waals surface area (Å²) in [6, 6.07) is 38.5. The zero-order chi connectivity index (χ0) is 22.9. The first-order valence-corrected chi connectivity index (χ1v) is 12.9. The molecule has 33 heavy (non-hydrogen) atoms. The molecule has 2 nitrogen and oxygen atoms in total. The molecule has 4 aromatic rings. The summed E-state index contributed by atoms with van der Waals surface area (Å²) in [5, 5.41) is 0. The maximum atomic E-state index is 13.0. The zero-order valence-corrected chi connectivity index (χ0v) is 20.3. The number of carbonyl (C=O) groups is 2. The van der Waals surface area contributed by atoms with E-state index in [-0.39, 0.29) is 11.6 Å². The summed E-state index contributed by atoms with van der Waals surface area (Å²) in [5.74, 6) is -0.0531. The fraction of sp³-hybridized carbons (Fsp3) is 0. The first-order valence-electron chi connectivity index (χ1n) is 10.6. The van der Waals surface area contributed by atoms with Gasteiger partial charge in [0.05, 0.1) is 0 Å². The van der Waals surface area contributed by atoms with Gasteiger partial charge >= 0.3 is 205 Å². The van der Waals surface area contributed by atoms with Crippen molar-refractivity contribution in [1.29, 1.82) is 0 Å². The van der Waals surface area contributed by atoms with Crippen LogP contribution >= 0.6 is 0 Å². The molecule has 0 spiro atoms. The van der Waals surface area contributed by atoms with Crippen molar-refractivity contribution in [2.45, 2.75) is 0 Å². The van der Waals surface area contributed by atoms with E-state index in [0.717, 1.165) is 18.4 Å². The van der Waals surface area contributed by atoms with Crippen LogP contribution in [0.1, 0.15) is 31.8 Å². The second-order valence-corrected chi connectivity index (χ2v) is 10.4. The van der Waals surface area contributed by atoms with Crippen molar-refractivity contribution in [2.24, 2.45) is 0 Å². The monoisotopic (exact) mass is 544 g/mol. The van der Waals surface area contributed by atoms with Crippen molar-refractivity contribution in [3.63, 3.8) is 0 Å². The van der Waals surface area contributed by atoms with Crippen molar-refractivity contribution in [3.05, 3.63) is 156 Å². The molecule has 3 heteroatoms. The van der Waals surface area contributed by atoms with Crippen molar-refractivity contribution in [3.8, 4) is 0 Å². The van der Waals surface area contributed by atoms with Crippen LogP contribution in [-0.4, -0.2) is 32.5 Å². The number of rotatable bonds is 8. The van der Waals surface area contributed by atoms with E-state index in [9.17, 15) is 9.59 Å². The molecule has 0 amide bonds. The van der Waals surface area contributed by atoms with E-state index in [0.29, 0.717) is 11.1 Å². The number of benzene rings is 4. The molecule has 0 bridgehead atoms. The third kappa shape index (κ3) is 6.26. The van der Waals surface area contributed by atoms with Gasteiger partial charge in [0, 0.05) is 0 Å². The second-order valence-electron chi connectivity index (χ2n) is 7.31. The minimum atomic E-state index is -1.07. The van der Waals surface area contributed by atoms with E-state index >= 15 is 0 Å². The Morgan fingerprint density at radius 2 is 0.697 bits per heavy atom. The average Bonchev–Trinajstić information content (AvgIpc) is 2.89. The Balaban J connectivity index is 1.76. The first-order chi connectivity index (χ1) is 16.2. The molecule has 0 saturated heterocycles. The van der Waals surface area contributed by atoms with E-state index in [4.69, 9.17) is 0 Å². The predicted molar refractivity (Wildman–Crippen MR) is 136 cm³/mol. The molecule has 0 atom stereocenters. The number of ketones is 2. The van der Waals surface area contributed by atoms with Gasteiger partial charge in [-0.3, -0.25) is 0 Å². The normalized spacial score (nSPS) is 11.8. The fourth-order valence-electron chi connectivity index (χ4n) is 3.28. The zero-order valence-electron chi connectivity index (χ0n) is 17.9. The standard InChI is InChI=1S/C30H22O2Te/c31-27(23-13-5-1-6-14-23)21-29(25-17-9-3-10-18-25)33-30(26-19-11-4-12-20-26)22-28(32)24-15-7-2-8-16-24/h1-22H/b29-21-,30-22-. The molecule has 0 saturated carbocycles. The number of hydrogen-bond donors (Lipinski definition) is 0. The molecule has 0 N–H and O–H groups in total. The van der Waals surface area contributed by atoms with E-state index < -0.39 is 20.9 Å². The number of carbonyl (C=O) groups excluding carboxylic acids is 2. The van der Waals surface area contributed by atoms with Crippen LogP contribution in [0.4, 0.5) is 0 Å². The van der Waals surface area contributed by atoms with Crippen LogP contribution in [0.2, 0.25) is 0 Å². The minimum absolute atomic E-state index is 0.0265. The molecule has 0 aliphatic rings. The van der Waals surface area contributed by atoms with Crippen LogP contribution in [0.25, 0.3) is 7.24 Å². The van der Waals surface area contributed by atoms with Gasteiger partial charge in [-0.05, 0) is 0 Å². The number of allylic oxidation sites excluding steroid dienone is 2. The molecule has 0 fully saturated rings. The molecule has 0 unspecified atom stereocenters. The van der Waals surface area contributed by atoms with Gasteiger partial charge in [-0.1, -0.05) is 0 Å². The molecule has 0 aliphatic carbocycles. The molecule has 4 rings (SSSR count). The topological polar surface area (TPSA) is 34.1 Å². The molecule has 4 aromatic carbocycles. The second kappa shape index (κ2) is 11.4. The maximum absolute atomic E-state index is 13.0. The summed E-state index contributed by atoms with van der Waals surface area (Å²) < 4.78 is 1.98. The summed E-state index contributed by atoms with van der Waals surface area (Å²) in [5.41, 5.74) is 3.34. The molecular weight excluding hydrogens is 520 g/mol. The summed E-state index contributed by atoms with van der Waals surface area (Å²) in [6.07, 6.45) is 3.49. The van der Waals surface area contributed by atoms with E-state index in [2.05, 4.69) is 0 Å². The van der Waals surface area contributed by atoms with Crippen LogP contribution in [0, 0.1) is 0 Å². The molecule has 0 aliphatic heterocycles. The van der Waals surface area contributed by atoms with Crippen LogP contribution in [0.3, 0.4) is 0 Å². The van der Waals surface area contributed by atoms with Gasteiger partial charge in [0.15, 0.2) is 0 Å². The van der Waals surface area contributed by atoms with Crippen molar-refractivity contribution >= 4 is 39.7 Å². The summed E-state index contributed by atoms with van der Waals surface area (Å²) in [4.78, 5) is 26.1. The van der Waals surface area contributed by atoms with Crippen LogP contribution in [0.15, 0.2) is 133 Å². The van der Waals surface area contributed by atoms with Crippen LogP contribution < -0.4 is 0 Å². The van der Waals surface area contributed by atoms with Crippen LogP contribution in [0.5, 0.6) is 0 Å². The Kier molecular flexibility index (Phi) is 7.82. The Morgan fingerprint density at radius 1 is 0.424 bits per heavy atom. The third-order valence-electron chi connectivity index (χ3n) is 4.98. The Bertz CT molecular complexity index is 1170. The Hall–Kier alpha value is -3.51. The SMILES string of the molecule is O=C(/C=C(\[Te]/C(=C\C(=O)c1ccccc1)c1ccccc1)c1ccccc1)c1ccccc1. The molecule has 0 aromatic heterocycles. The molecule has 0 radical (unpaired) electrons. The van der Waals surface area contributed by atoms with Gasteiger partial charge in [0.25, 0.3) is 0 Å². The van der Waals surface area contributed by atoms with E-state index in [1.54, 1.807) is 12.2 Å². The molecular formula is C30H22O2Te. The van der Waals surface area contributed by atoms with Gasteiger partial charge in [0.1, 0.15) is 0 Å². The third-order valence-corrected chi connectivity index (χ3v) is 8.25. The van der Waals surface area contributed by atoms with Crippen molar-refractivity contribution in [1.82, 2.24) is 0 Å². The quantitative estimate of drug-likeness (QED) is 0.144. The van der Waals surface area contributed by atoms with Gasteiger partial charge in [-0.2, -0.15) is 0 Å². The summed E-state index contributed by atoms with van der Waals surface area (Å²) in [7, 11) is 0. The Labute approximate surface area is 204 Å². The van der Waals surface area contributed by atoms with Crippen molar-refractivity contribution in [2.75, 3.05) is 0 Å². The van der Waals surface area contributed by atoms with Crippen LogP contribution in [-0.2, 0) is 0 Å². The summed E-state index contributed by atoms with van der Waals surface area (Å²) in [6.45, 7) is 0. The van der Waals surface area contributed by atoms with Gasteiger partial charge in [0.2, 0.25) is 0 Å². The molecule has 160 valence electrons. The number of hydrogen-bond acceptors (Lipinski definition) is 2. The summed E-state index contributed by atoms with van der Waals surface area (Å²) >= 11 is -1.07. The van der Waals surface area contributed by atoms with Gasteiger partial charge in [-0.15, -0.1) is 0 Å². The first kappa shape index (κ1) is 22.7. The van der Waals surface area contributed by atoms with E-state index in [1.165, 1.54) is 0 Å². The van der Waals surface area contributed by atoms with Gasteiger partial charge < -0.3 is 0 Å². The molecule has 0 heterocycles. The Morgan fingerprint density at radius 3 is 1.00 bits per heavy atom.